The Morgan fingerprint density at radius 1 is 1.08 bits per heavy atom. The molecule has 1 heterocycles. The van der Waals surface area contributed by atoms with E-state index in [0.717, 1.165) is 22.0 Å². The fraction of sp³-hybridized carbons (Fsp3) is 0.222. The highest BCUT2D eigenvalue weighted by Gasteiger charge is 2.20. The molecule has 0 saturated heterocycles. The Balaban J connectivity index is 1.48. The van der Waals surface area contributed by atoms with Crippen LogP contribution in [0.15, 0.2) is 60.8 Å². The average molecular weight is 531 g/mol. The van der Waals surface area contributed by atoms with Gasteiger partial charge < -0.3 is 24.9 Å². The molecule has 0 bridgehead atoms. The Kier molecular flexibility index (Phi) is 8.36. The van der Waals surface area contributed by atoms with Crippen LogP contribution in [0.2, 0.25) is 10.0 Å². The van der Waals surface area contributed by atoms with E-state index in [1.807, 2.05) is 37.4 Å². The number of aromatic nitrogens is 1. The molecule has 0 unspecified atom stereocenters. The first-order valence-corrected chi connectivity index (χ1v) is 12.1. The Morgan fingerprint density at radius 3 is 2.64 bits per heavy atom. The quantitative estimate of drug-likeness (QED) is 0.209. The molecule has 188 valence electrons. The maximum absolute atomic E-state index is 13.3. The lowest BCUT2D eigenvalue weighted by Crippen LogP contribution is -2.38. The number of carbonyl (C=O) groups is 1. The van der Waals surface area contributed by atoms with E-state index in [4.69, 9.17) is 32.7 Å². The fourth-order valence-corrected chi connectivity index (χ4v) is 4.43. The number of rotatable bonds is 11. The third-order valence-electron chi connectivity index (χ3n) is 5.71. The molecule has 1 aromatic heterocycles. The van der Waals surface area contributed by atoms with Crippen molar-refractivity contribution in [3.63, 3.8) is 0 Å². The summed E-state index contributed by atoms with van der Waals surface area (Å²) in [6, 6.07) is 14.5. The number of aromatic amines is 1. The number of fused-ring (bicyclic) bond motifs is 1. The van der Waals surface area contributed by atoms with E-state index in [2.05, 4.69) is 10.3 Å². The van der Waals surface area contributed by atoms with Crippen molar-refractivity contribution in [2.24, 2.45) is 0 Å². The van der Waals surface area contributed by atoms with Crippen molar-refractivity contribution in [3.05, 3.63) is 93.3 Å². The first-order valence-electron chi connectivity index (χ1n) is 11.4. The molecule has 6 nitrogen and oxygen atoms in total. The van der Waals surface area contributed by atoms with Gasteiger partial charge in [0.15, 0.2) is 11.5 Å². The van der Waals surface area contributed by atoms with Gasteiger partial charge in [-0.05, 0) is 48.4 Å². The number of nitrogens with one attached hydrogen (secondary N) is 2. The minimum absolute atomic E-state index is 0.0716. The van der Waals surface area contributed by atoms with Crippen molar-refractivity contribution in [1.29, 1.82) is 0 Å². The zero-order valence-corrected chi connectivity index (χ0v) is 21.0. The zero-order chi connectivity index (χ0) is 25.7. The first-order chi connectivity index (χ1) is 17.4. The summed E-state index contributed by atoms with van der Waals surface area (Å²) in [5, 5.41) is 14.5. The lowest BCUT2D eigenvalue weighted by Gasteiger charge is -2.18. The summed E-state index contributed by atoms with van der Waals surface area (Å²) in [5.74, 6) is -0.634. The number of carboxylic acids is 1. The lowest BCUT2D eigenvalue weighted by molar-refractivity contribution is -0.139. The minimum Gasteiger partial charge on any atom is -0.490 e. The van der Waals surface area contributed by atoms with E-state index in [-0.39, 0.29) is 18.2 Å². The molecule has 4 aromatic rings. The van der Waals surface area contributed by atoms with Gasteiger partial charge in [0.2, 0.25) is 0 Å². The van der Waals surface area contributed by atoms with Gasteiger partial charge in [-0.2, -0.15) is 0 Å². The second kappa shape index (κ2) is 11.6. The summed E-state index contributed by atoms with van der Waals surface area (Å²) in [6.45, 7) is 2.53. The second-order valence-electron chi connectivity index (χ2n) is 8.20. The molecule has 36 heavy (non-hydrogen) atoms. The summed E-state index contributed by atoms with van der Waals surface area (Å²) in [6.07, 6.45) is 2.15. The molecule has 9 heteroatoms. The van der Waals surface area contributed by atoms with Crippen molar-refractivity contribution < 1.29 is 23.8 Å². The molecule has 0 aliphatic rings. The highest BCUT2D eigenvalue weighted by molar-refractivity contribution is 6.32. The predicted molar refractivity (Wildman–Crippen MR) is 139 cm³/mol. The number of para-hydroxylation sites is 1. The van der Waals surface area contributed by atoms with Crippen LogP contribution >= 0.6 is 23.2 Å². The van der Waals surface area contributed by atoms with Crippen molar-refractivity contribution in [2.75, 3.05) is 6.61 Å². The molecule has 3 N–H and O–H groups in total. The van der Waals surface area contributed by atoms with Crippen LogP contribution in [0, 0.1) is 5.82 Å². The molecule has 0 amide bonds. The van der Waals surface area contributed by atoms with Crippen molar-refractivity contribution in [2.45, 2.75) is 32.5 Å². The molecular weight excluding hydrogens is 506 g/mol. The Bertz CT molecular complexity index is 1380. The molecule has 3 aromatic carbocycles. The van der Waals surface area contributed by atoms with Crippen molar-refractivity contribution in [1.82, 2.24) is 10.3 Å². The minimum atomic E-state index is -0.951. The van der Waals surface area contributed by atoms with Crippen molar-refractivity contribution >= 4 is 40.1 Å². The number of H-pyrrole nitrogens is 1. The van der Waals surface area contributed by atoms with E-state index >= 15 is 0 Å². The first kappa shape index (κ1) is 25.8. The number of hydrogen-bond acceptors (Lipinski definition) is 4. The smallest absolute Gasteiger partial charge is 0.321 e. The van der Waals surface area contributed by atoms with Crippen LogP contribution in [0.25, 0.3) is 10.9 Å². The highest BCUT2D eigenvalue weighted by Crippen LogP contribution is 2.37. The number of carboxylic acid groups (broad SMARTS) is 1. The van der Waals surface area contributed by atoms with Gasteiger partial charge in [-0.15, -0.1) is 0 Å². The van der Waals surface area contributed by atoms with Gasteiger partial charge in [0.25, 0.3) is 0 Å². The van der Waals surface area contributed by atoms with Gasteiger partial charge >= 0.3 is 5.97 Å². The van der Waals surface area contributed by atoms with Gasteiger partial charge in [-0.1, -0.05) is 47.5 Å². The SMILES string of the molecule is CCOc1cc(CN[C@@H](Cc2c[nH]c3ccccc23)C(=O)O)cc(Cl)c1OCc1ccc(F)cc1Cl. The molecule has 1 atom stereocenters. The molecule has 4 rings (SSSR count). The average Bonchev–Trinajstić information content (AvgIpc) is 3.25. The Morgan fingerprint density at radius 2 is 1.89 bits per heavy atom. The second-order valence-corrected chi connectivity index (χ2v) is 9.01. The topological polar surface area (TPSA) is 83.6 Å². The third kappa shape index (κ3) is 6.10. The fourth-order valence-electron chi connectivity index (χ4n) is 3.92. The molecule has 0 saturated carbocycles. The van der Waals surface area contributed by atoms with Gasteiger partial charge in [0.1, 0.15) is 18.5 Å². The monoisotopic (exact) mass is 530 g/mol. The normalized spacial score (nSPS) is 12.0. The van der Waals surface area contributed by atoms with Gasteiger partial charge in [-0.25, -0.2) is 4.39 Å². The van der Waals surface area contributed by atoms with Crippen LogP contribution in [0.5, 0.6) is 11.5 Å². The summed E-state index contributed by atoms with van der Waals surface area (Å²) < 4.78 is 24.9. The lowest BCUT2D eigenvalue weighted by atomic mass is 10.0. The summed E-state index contributed by atoms with van der Waals surface area (Å²) in [5.41, 5.74) is 3.22. The van der Waals surface area contributed by atoms with E-state index in [1.165, 1.54) is 12.1 Å². The van der Waals surface area contributed by atoms with Crippen LogP contribution in [0.1, 0.15) is 23.6 Å². The highest BCUT2D eigenvalue weighted by atomic mass is 35.5. The maximum Gasteiger partial charge on any atom is 0.321 e. The van der Waals surface area contributed by atoms with E-state index in [0.29, 0.717) is 35.1 Å². The Labute approximate surface area is 217 Å². The van der Waals surface area contributed by atoms with E-state index in [9.17, 15) is 14.3 Å². The maximum atomic E-state index is 13.3. The summed E-state index contributed by atoms with van der Waals surface area (Å²) in [7, 11) is 0. The number of halogens is 3. The van der Waals surface area contributed by atoms with Gasteiger partial charge in [-0.3, -0.25) is 4.79 Å². The summed E-state index contributed by atoms with van der Waals surface area (Å²) in [4.78, 5) is 15.1. The third-order valence-corrected chi connectivity index (χ3v) is 6.34. The van der Waals surface area contributed by atoms with Gasteiger partial charge in [0, 0.05) is 35.6 Å². The molecular formula is C27H25Cl2FN2O4. The molecule has 0 fully saturated rings. The predicted octanol–water partition coefficient (Wildman–Crippen LogP) is 6.38. The number of aliphatic carboxylic acids is 1. The van der Waals surface area contributed by atoms with E-state index in [1.54, 1.807) is 18.2 Å². The van der Waals surface area contributed by atoms with Crippen LogP contribution in [0.4, 0.5) is 4.39 Å². The van der Waals surface area contributed by atoms with Crippen LogP contribution in [0.3, 0.4) is 0 Å². The molecule has 0 aliphatic carbocycles. The molecule has 0 radical (unpaired) electrons. The zero-order valence-electron chi connectivity index (χ0n) is 19.5. The number of hydrogen-bond donors (Lipinski definition) is 3. The van der Waals surface area contributed by atoms with Crippen LogP contribution in [-0.2, 0) is 24.4 Å². The van der Waals surface area contributed by atoms with Crippen molar-refractivity contribution in [3.8, 4) is 11.5 Å². The van der Waals surface area contributed by atoms with Crippen LogP contribution < -0.4 is 14.8 Å². The molecule has 0 spiro atoms. The number of ether oxygens (including phenoxy) is 2. The largest absolute Gasteiger partial charge is 0.490 e. The number of benzene rings is 3. The molecule has 0 aliphatic heterocycles. The van der Waals surface area contributed by atoms with Gasteiger partial charge in [0.05, 0.1) is 16.7 Å². The van der Waals surface area contributed by atoms with Crippen LogP contribution in [-0.4, -0.2) is 28.7 Å². The standard InChI is InChI=1S/C27H25Cl2FN2O4/c1-2-35-25-10-16(9-22(29)26(25)36-15-17-7-8-19(30)12-21(17)28)13-31-24(27(33)34)11-18-14-32-23-6-4-3-5-20(18)23/h3-10,12,14,24,31-32H,2,11,13,15H2,1H3,(H,33,34)/t24-/m0/s1. The van der Waals surface area contributed by atoms with E-state index < -0.39 is 17.8 Å². The Hall–Kier alpha value is -3.26. The summed E-state index contributed by atoms with van der Waals surface area (Å²) >= 11 is 12.6.